The highest BCUT2D eigenvalue weighted by Crippen LogP contribution is 2.55. The second kappa shape index (κ2) is 8.10. The average molecular weight is 413 g/mol. The van der Waals surface area contributed by atoms with Crippen LogP contribution in [0.2, 0.25) is 0 Å². The van der Waals surface area contributed by atoms with Crippen LogP contribution >= 0.6 is 12.4 Å². The van der Waals surface area contributed by atoms with Crippen molar-refractivity contribution in [1.82, 2.24) is 5.32 Å². The highest BCUT2D eigenvalue weighted by molar-refractivity contribution is 5.85. The molecule has 2 aromatic rings. The number of ether oxygens (including phenoxy) is 1. The number of nitrogens with one attached hydrogen (secondary N) is 1. The Morgan fingerprint density at radius 2 is 1.55 bits per heavy atom. The molecule has 1 saturated heterocycles. The van der Waals surface area contributed by atoms with Gasteiger partial charge in [-0.05, 0) is 47.4 Å². The van der Waals surface area contributed by atoms with E-state index in [4.69, 9.17) is 10.5 Å². The fraction of sp³-hybridized carbons (Fsp3) is 0.458. The molecule has 0 aromatic heterocycles. The Morgan fingerprint density at radius 1 is 1.00 bits per heavy atom. The summed E-state index contributed by atoms with van der Waals surface area (Å²) < 4.78 is 5.45. The van der Waals surface area contributed by atoms with Crippen molar-refractivity contribution in [3.05, 3.63) is 70.8 Å². The number of hydrogen-bond acceptors (Lipinski definition) is 3. The summed E-state index contributed by atoms with van der Waals surface area (Å²) in [5.41, 5.74) is 11.4. The van der Waals surface area contributed by atoms with Gasteiger partial charge in [0.1, 0.15) is 0 Å². The quantitative estimate of drug-likeness (QED) is 0.806. The molecule has 4 aliphatic rings. The molecule has 1 atom stereocenters. The van der Waals surface area contributed by atoms with E-state index in [0.29, 0.717) is 44.1 Å². The first kappa shape index (κ1) is 20.4. The Balaban J connectivity index is 0.00000205. The van der Waals surface area contributed by atoms with Crippen molar-refractivity contribution < 1.29 is 9.53 Å². The summed E-state index contributed by atoms with van der Waals surface area (Å²) >= 11 is 0. The number of rotatable bonds is 4. The van der Waals surface area contributed by atoms with Gasteiger partial charge in [0.25, 0.3) is 0 Å². The lowest BCUT2D eigenvalue weighted by Crippen LogP contribution is -2.51. The molecule has 1 amide bonds. The molecule has 5 heteroatoms. The van der Waals surface area contributed by atoms with Gasteiger partial charge in [0.2, 0.25) is 5.91 Å². The van der Waals surface area contributed by atoms with E-state index in [9.17, 15) is 4.79 Å². The minimum Gasteiger partial charge on any atom is -0.381 e. The van der Waals surface area contributed by atoms with E-state index in [0.717, 1.165) is 19.3 Å². The lowest BCUT2D eigenvalue weighted by molar-refractivity contribution is -0.136. The van der Waals surface area contributed by atoms with Gasteiger partial charge in [-0.25, -0.2) is 0 Å². The molecule has 0 saturated carbocycles. The second-order valence-electron chi connectivity index (χ2n) is 8.59. The zero-order valence-corrected chi connectivity index (χ0v) is 17.4. The first-order valence-electron chi connectivity index (χ1n) is 10.5. The van der Waals surface area contributed by atoms with Gasteiger partial charge in [0.05, 0.1) is 5.41 Å². The van der Waals surface area contributed by atoms with E-state index in [2.05, 4.69) is 53.8 Å². The standard InChI is InChI=1S/C24H28N2O2.ClH/c25-15-24(9-11-28-12-10-24)23(27)26-14-16-13-21-17-5-1-3-7-19(17)22(16)20-8-4-2-6-18(20)21;/h1-8,16,21-22H,9-15,25H2,(H,26,27);1H. The zero-order chi connectivity index (χ0) is 19.1. The summed E-state index contributed by atoms with van der Waals surface area (Å²) in [7, 11) is 0. The lowest BCUT2D eigenvalue weighted by atomic mass is 9.59. The van der Waals surface area contributed by atoms with Gasteiger partial charge in [0, 0.05) is 38.1 Å². The third kappa shape index (κ3) is 3.27. The largest absolute Gasteiger partial charge is 0.381 e. The molecule has 154 valence electrons. The van der Waals surface area contributed by atoms with Crippen LogP contribution in [0.3, 0.4) is 0 Å². The molecule has 2 bridgehead atoms. The molecule has 2 aromatic carbocycles. The van der Waals surface area contributed by atoms with Crippen LogP contribution in [-0.2, 0) is 9.53 Å². The third-order valence-corrected chi connectivity index (χ3v) is 7.27. The van der Waals surface area contributed by atoms with Crippen LogP contribution in [0.25, 0.3) is 0 Å². The van der Waals surface area contributed by atoms with Crippen LogP contribution < -0.4 is 11.1 Å². The SMILES string of the molecule is Cl.NCC1(C(=O)NCC2CC3c4ccccc4C2c2ccccc23)CCOCC1. The normalized spacial score (nSPS) is 26.0. The number of hydrogen-bond donors (Lipinski definition) is 2. The highest BCUT2D eigenvalue weighted by Gasteiger charge is 2.44. The maximum atomic E-state index is 13.0. The minimum atomic E-state index is -0.457. The summed E-state index contributed by atoms with van der Waals surface area (Å²) in [6, 6.07) is 17.7. The zero-order valence-electron chi connectivity index (χ0n) is 16.6. The van der Waals surface area contributed by atoms with Crippen molar-refractivity contribution in [3.8, 4) is 0 Å². The third-order valence-electron chi connectivity index (χ3n) is 7.27. The van der Waals surface area contributed by atoms with Crippen molar-refractivity contribution in [3.63, 3.8) is 0 Å². The van der Waals surface area contributed by atoms with Crippen LogP contribution in [0.5, 0.6) is 0 Å². The molecule has 4 nitrogen and oxygen atoms in total. The Bertz CT molecular complexity index is 846. The summed E-state index contributed by atoms with van der Waals surface area (Å²) in [4.78, 5) is 13.0. The number of carbonyl (C=O) groups excluding carboxylic acids is 1. The molecule has 1 heterocycles. The molecule has 0 spiro atoms. The molecule has 1 unspecified atom stereocenters. The van der Waals surface area contributed by atoms with Crippen LogP contribution in [0.15, 0.2) is 48.5 Å². The van der Waals surface area contributed by atoms with E-state index >= 15 is 0 Å². The number of benzene rings is 2. The molecule has 0 radical (unpaired) electrons. The number of fused-ring (bicyclic) bond motifs is 1. The van der Waals surface area contributed by atoms with E-state index in [1.54, 1.807) is 0 Å². The van der Waals surface area contributed by atoms with Crippen molar-refractivity contribution in [1.29, 1.82) is 0 Å². The Labute approximate surface area is 178 Å². The van der Waals surface area contributed by atoms with Crippen molar-refractivity contribution in [2.75, 3.05) is 26.3 Å². The van der Waals surface area contributed by atoms with Crippen LogP contribution in [0.1, 0.15) is 53.4 Å². The molecule has 29 heavy (non-hydrogen) atoms. The van der Waals surface area contributed by atoms with Crippen molar-refractivity contribution >= 4 is 18.3 Å². The minimum absolute atomic E-state index is 0. The predicted octanol–water partition coefficient (Wildman–Crippen LogP) is 3.58. The summed E-state index contributed by atoms with van der Waals surface area (Å²) in [5, 5.41) is 3.29. The second-order valence-corrected chi connectivity index (χ2v) is 8.59. The maximum Gasteiger partial charge on any atom is 0.227 e. The predicted molar refractivity (Wildman–Crippen MR) is 116 cm³/mol. The Hall–Kier alpha value is -1.88. The van der Waals surface area contributed by atoms with Gasteiger partial charge in [-0.2, -0.15) is 0 Å². The molecule has 1 aliphatic heterocycles. The summed E-state index contributed by atoms with van der Waals surface area (Å²) in [5.74, 6) is 1.33. The maximum absolute atomic E-state index is 13.0. The highest BCUT2D eigenvalue weighted by atomic mass is 35.5. The van der Waals surface area contributed by atoms with E-state index < -0.39 is 5.41 Å². The first-order valence-corrected chi connectivity index (χ1v) is 10.5. The van der Waals surface area contributed by atoms with Crippen molar-refractivity contribution in [2.45, 2.75) is 31.1 Å². The smallest absolute Gasteiger partial charge is 0.227 e. The molecule has 1 fully saturated rings. The number of halogens is 1. The fourth-order valence-corrected chi connectivity index (χ4v) is 5.66. The van der Waals surface area contributed by atoms with Crippen molar-refractivity contribution in [2.24, 2.45) is 17.1 Å². The topological polar surface area (TPSA) is 64.4 Å². The van der Waals surface area contributed by atoms with Gasteiger partial charge in [-0.15, -0.1) is 12.4 Å². The van der Waals surface area contributed by atoms with Gasteiger partial charge >= 0.3 is 0 Å². The molecule has 3 aliphatic carbocycles. The summed E-state index contributed by atoms with van der Waals surface area (Å²) in [6.07, 6.45) is 2.53. The van der Waals surface area contributed by atoms with Gasteiger partial charge in [-0.1, -0.05) is 48.5 Å². The number of carbonyl (C=O) groups is 1. The van der Waals surface area contributed by atoms with Gasteiger partial charge in [-0.3, -0.25) is 4.79 Å². The van der Waals surface area contributed by atoms with Crippen LogP contribution in [0.4, 0.5) is 0 Å². The van der Waals surface area contributed by atoms with Gasteiger partial charge in [0.15, 0.2) is 0 Å². The fourth-order valence-electron chi connectivity index (χ4n) is 5.66. The van der Waals surface area contributed by atoms with Gasteiger partial charge < -0.3 is 15.8 Å². The van der Waals surface area contributed by atoms with E-state index in [1.165, 1.54) is 22.3 Å². The average Bonchev–Trinajstić information content (AvgIpc) is 2.78. The Morgan fingerprint density at radius 3 is 2.10 bits per heavy atom. The van der Waals surface area contributed by atoms with Crippen LogP contribution in [0, 0.1) is 11.3 Å². The summed E-state index contributed by atoms with van der Waals surface area (Å²) in [6.45, 7) is 2.36. The number of nitrogens with two attached hydrogens (primary N) is 1. The Kier molecular flexibility index (Phi) is 5.69. The molecular weight excluding hydrogens is 384 g/mol. The molecule has 6 rings (SSSR count). The molecule has 3 N–H and O–H groups in total. The monoisotopic (exact) mass is 412 g/mol. The number of amides is 1. The molecular formula is C24H29ClN2O2. The van der Waals surface area contributed by atoms with Crippen LogP contribution in [-0.4, -0.2) is 32.2 Å². The first-order chi connectivity index (χ1) is 13.7. The lowest BCUT2D eigenvalue weighted by Gasteiger charge is -2.46. The van der Waals surface area contributed by atoms with E-state index in [-0.39, 0.29) is 18.3 Å². The van der Waals surface area contributed by atoms with E-state index in [1.807, 2.05) is 0 Å².